The average Bonchev–Trinajstić information content (AvgIpc) is 2.60. The normalized spacial score (nSPS) is 11.9. The maximum atomic E-state index is 12.6. The summed E-state index contributed by atoms with van der Waals surface area (Å²) in [5.74, 6) is 0. The van der Waals surface area contributed by atoms with Gasteiger partial charge in [0.25, 0.3) is 0 Å². The molecule has 0 aliphatic rings. The van der Waals surface area contributed by atoms with Crippen LogP contribution in [0.5, 0.6) is 0 Å². The second-order valence-corrected chi connectivity index (χ2v) is 7.56. The standard InChI is InChI=1S/C19H21ClF3N3S/c1-5-25(3)12-24-17-9-13(2)18(11-16(17)20)26(4)14-7-6-8-15(10-14)27-19(21,22)23/h6-12H,5H2,1-4H3. The molecule has 0 heterocycles. The molecule has 3 nitrogen and oxygen atoms in total. The molecule has 2 rings (SSSR count). The number of hydrogen-bond donors (Lipinski definition) is 0. The van der Waals surface area contributed by atoms with Gasteiger partial charge >= 0.3 is 5.51 Å². The van der Waals surface area contributed by atoms with E-state index in [1.807, 2.05) is 36.8 Å². The summed E-state index contributed by atoms with van der Waals surface area (Å²) < 4.78 is 37.9. The summed E-state index contributed by atoms with van der Waals surface area (Å²) in [5.41, 5.74) is -1.31. The molecular formula is C19H21ClF3N3S. The van der Waals surface area contributed by atoms with E-state index in [1.54, 1.807) is 31.6 Å². The van der Waals surface area contributed by atoms with Crippen LogP contribution in [0.4, 0.5) is 30.2 Å². The number of nitrogens with zero attached hydrogens (tertiary/aromatic N) is 3. The van der Waals surface area contributed by atoms with Crippen LogP contribution >= 0.6 is 23.4 Å². The third kappa shape index (κ3) is 6.07. The van der Waals surface area contributed by atoms with Gasteiger partial charge in [-0.2, -0.15) is 13.2 Å². The van der Waals surface area contributed by atoms with Crippen molar-refractivity contribution in [3.05, 3.63) is 47.0 Å². The summed E-state index contributed by atoms with van der Waals surface area (Å²) >= 11 is 6.24. The Morgan fingerprint density at radius 1 is 1.19 bits per heavy atom. The Kier molecular flexibility index (Phi) is 7.06. The van der Waals surface area contributed by atoms with Crippen LogP contribution in [-0.4, -0.2) is 37.4 Å². The van der Waals surface area contributed by atoms with Crippen LogP contribution in [-0.2, 0) is 0 Å². The number of alkyl halides is 3. The van der Waals surface area contributed by atoms with Gasteiger partial charge in [-0.15, -0.1) is 0 Å². The molecule has 0 bridgehead atoms. The lowest BCUT2D eigenvalue weighted by atomic mass is 10.1. The third-order valence-corrected chi connectivity index (χ3v) is 4.98. The molecule has 2 aromatic rings. The number of hydrogen-bond acceptors (Lipinski definition) is 3. The molecule has 0 atom stereocenters. The first-order valence-corrected chi connectivity index (χ1v) is 9.44. The number of rotatable bonds is 6. The van der Waals surface area contributed by atoms with Crippen molar-refractivity contribution in [1.82, 2.24) is 4.90 Å². The van der Waals surface area contributed by atoms with E-state index < -0.39 is 5.51 Å². The molecule has 0 radical (unpaired) electrons. The molecule has 0 aliphatic heterocycles. The summed E-state index contributed by atoms with van der Waals surface area (Å²) in [6, 6.07) is 9.96. The molecular weight excluding hydrogens is 395 g/mol. The predicted octanol–water partition coefficient (Wildman–Crippen LogP) is 6.64. The number of aliphatic imine (C=N–C) groups is 1. The van der Waals surface area contributed by atoms with Crippen LogP contribution in [0.1, 0.15) is 12.5 Å². The summed E-state index contributed by atoms with van der Waals surface area (Å²) in [5, 5.41) is 0.476. The van der Waals surface area contributed by atoms with E-state index >= 15 is 0 Å². The topological polar surface area (TPSA) is 18.8 Å². The Balaban J connectivity index is 2.31. The maximum absolute atomic E-state index is 12.6. The maximum Gasteiger partial charge on any atom is 0.446 e. The lowest BCUT2D eigenvalue weighted by molar-refractivity contribution is -0.0328. The molecule has 0 aromatic heterocycles. The van der Waals surface area contributed by atoms with Crippen molar-refractivity contribution in [1.29, 1.82) is 0 Å². The molecule has 0 amide bonds. The molecule has 146 valence electrons. The molecule has 0 aliphatic carbocycles. The fourth-order valence-corrected chi connectivity index (χ4v) is 3.19. The number of halogens is 4. The van der Waals surface area contributed by atoms with Gasteiger partial charge in [-0.05, 0) is 61.5 Å². The molecule has 0 saturated heterocycles. The highest BCUT2D eigenvalue weighted by Crippen LogP contribution is 2.40. The zero-order chi connectivity index (χ0) is 20.2. The van der Waals surface area contributed by atoms with Gasteiger partial charge in [-0.3, -0.25) is 0 Å². The van der Waals surface area contributed by atoms with E-state index in [2.05, 4.69) is 4.99 Å². The van der Waals surface area contributed by atoms with E-state index in [0.29, 0.717) is 16.4 Å². The van der Waals surface area contributed by atoms with E-state index in [-0.39, 0.29) is 16.7 Å². The van der Waals surface area contributed by atoms with Crippen LogP contribution in [0.3, 0.4) is 0 Å². The van der Waals surface area contributed by atoms with Gasteiger partial charge in [-0.1, -0.05) is 17.7 Å². The van der Waals surface area contributed by atoms with Gasteiger partial charge in [0.1, 0.15) is 0 Å². The van der Waals surface area contributed by atoms with Gasteiger partial charge < -0.3 is 9.80 Å². The minimum absolute atomic E-state index is 0.128. The highest BCUT2D eigenvalue weighted by atomic mass is 35.5. The molecule has 2 aromatic carbocycles. The van der Waals surface area contributed by atoms with Crippen LogP contribution in [0, 0.1) is 6.92 Å². The van der Waals surface area contributed by atoms with Crippen molar-refractivity contribution in [3.63, 3.8) is 0 Å². The van der Waals surface area contributed by atoms with Gasteiger partial charge in [0.05, 0.1) is 17.0 Å². The summed E-state index contributed by atoms with van der Waals surface area (Å²) in [6.07, 6.45) is 1.71. The average molecular weight is 416 g/mol. The summed E-state index contributed by atoms with van der Waals surface area (Å²) in [6.45, 7) is 4.76. The van der Waals surface area contributed by atoms with Gasteiger partial charge in [0.15, 0.2) is 0 Å². The van der Waals surface area contributed by atoms with E-state index in [1.165, 1.54) is 12.1 Å². The molecule has 0 saturated carbocycles. The molecule has 0 unspecified atom stereocenters. The molecule has 0 fully saturated rings. The Labute approximate surface area is 166 Å². The Bertz CT molecular complexity index is 824. The van der Waals surface area contributed by atoms with Gasteiger partial charge in [-0.25, -0.2) is 4.99 Å². The number of thioether (sulfide) groups is 1. The van der Waals surface area contributed by atoms with Crippen molar-refractivity contribution >= 4 is 46.8 Å². The Morgan fingerprint density at radius 2 is 1.89 bits per heavy atom. The fraction of sp³-hybridized carbons (Fsp3) is 0.316. The third-order valence-electron chi connectivity index (χ3n) is 3.96. The smallest absolute Gasteiger partial charge is 0.366 e. The van der Waals surface area contributed by atoms with Crippen LogP contribution in [0.25, 0.3) is 0 Å². The quantitative estimate of drug-likeness (QED) is 0.299. The highest BCUT2D eigenvalue weighted by molar-refractivity contribution is 8.00. The second-order valence-electron chi connectivity index (χ2n) is 6.01. The zero-order valence-corrected chi connectivity index (χ0v) is 17.1. The Morgan fingerprint density at radius 3 is 2.52 bits per heavy atom. The predicted molar refractivity (Wildman–Crippen MR) is 109 cm³/mol. The minimum Gasteiger partial charge on any atom is -0.366 e. The fourth-order valence-electron chi connectivity index (χ4n) is 2.39. The number of anilines is 2. The lowest BCUT2D eigenvalue weighted by Gasteiger charge is -2.23. The molecule has 27 heavy (non-hydrogen) atoms. The van der Waals surface area contributed by atoms with Crippen molar-refractivity contribution in [2.75, 3.05) is 25.5 Å². The van der Waals surface area contributed by atoms with Crippen LogP contribution in [0.2, 0.25) is 5.02 Å². The SMILES string of the molecule is CCN(C)C=Nc1cc(C)c(N(C)c2cccc(SC(F)(F)F)c2)cc1Cl. The summed E-state index contributed by atoms with van der Waals surface area (Å²) in [7, 11) is 3.71. The lowest BCUT2D eigenvalue weighted by Crippen LogP contribution is -2.14. The first kappa shape index (κ1) is 21.4. The second kappa shape index (κ2) is 8.89. The van der Waals surface area contributed by atoms with E-state index in [0.717, 1.165) is 17.8 Å². The van der Waals surface area contributed by atoms with Crippen LogP contribution < -0.4 is 4.90 Å². The van der Waals surface area contributed by atoms with Crippen molar-refractivity contribution in [2.45, 2.75) is 24.3 Å². The van der Waals surface area contributed by atoms with Crippen molar-refractivity contribution in [2.24, 2.45) is 4.99 Å². The first-order chi connectivity index (χ1) is 12.6. The van der Waals surface area contributed by atoms with Crippen molar-refractivity contribution in [3.8, 4) is 0 Å². The monoisotopic (exact) mass is 415 g/mol. The van der Waals surface area contributed by atoms with Crippen molar-refractivity contribution < 1.29 is 13.2 Å². The molecule has 8 heteroatoms. The largest absolute Gasteiger partial charge is 0.446 e. The first-order valence-electron chi connectivity index (χ1n) is 8.25. The number of benzene rings is 2. The van der Waals surface area contributed by atoms with Crippen LogP contribution in [0.15, 0.2) is 46.3 Å². The van der Waals surface area contributed by atoms with E-state index in [4.69, 9.17) is 11.6 Å². The van der Waals surface area contributed by atoms with E-state index in [9.17, 15) is 13.2 Å². The Hall–Kier alpha value is -1.86. The van der Waals surface area contributed by atoms with Gasteiger partial charge in [0, 0.05) is 36.9 Å². The zero-order valence-electron chi connectivity index (χ0n) is 15.5. The minimum atomic E-state index is -4.32. The summed E-state index contributed by atoms with van der Waals surface area (Å²) in [4.78, 5) is 8.26. The molecule has 0 spiro atoms. The van der Waals surface area contributed by atoms with Gasteiger partial charge in [0.2, 0.25) is 0 Å². The number of aryl methyl sites for hydroxylation is 1. The molecule has 0 N–H and O–H groups in total. The highest BCUT2D eigenvalue weighted by Gasteiger charge is 2.29.